The lowest BCUT2D eigenvalue weighted by atomic mass is 10.1. The van der Waals surface area contributed by atoms with Crippen molar-refractivity contribution in [2.75, 3.05) is 19.6 Å². The molecular formula is C15H18N2O6S. The number of sulfonamides is 1. The number of carboxylic acid groups (broad SMARTS) is 1. The minimum atomic E-state index is -3.94. The van der Waals surface area contributed by atoms with Crippen LogP contribution in [0.5, 0.6) is 0 Å². The van der Waals surface area contributed by atoms with E-state index in [2.05, 4.69) is 0 Å². The van der Waals surface area contributed by atoms with Crippen LogP contribution >= 0.6 is 0 Å². The SMILES string of the molecule is CCN(CCC(=O)O)C(=O)c1ccc2c(c1)S(=O)(=O)N(CC)C2=O. The third kappa shape index (κ3) is 2.99. The highest BCUT2D eigenvalue weighted by atomic mass is 32.2. The summed E-state index contributed by atoms with van der Waals surface area (Å²) in [4.78, 5) is 36.3. The molecule has 130 valence electrons. The number of hydrogen-bond donors (Lipinski definition) is 1. The number of benzene rings is 1. The van der Waals surface area contributed by atoms with Gasteiger partial charge in [0.25, 0.3) is 21.8 Å². The van der Waals surface area contributed by atoms with E-state index in [4.69, 9.17) is 5.11 Å². The minimum absolute atomic E-state index is 0.0127. The van der Waals surface area contributed by atoms with Crippen molar-refractivity contribution in [2.45, 2.75) is 25.2 Å². The normalized spacial score (nSPS) is 15.2. The maximum Gasteiger partial charge on any atom is 0.305 e. The summed E-state index contributed by atoms with van der Waals surface area (Å²) in [6.07, 6.45) is -0.203. The molecule has 0 aliphatic carbocycles. The third-order valence-corrected chi connectivity index (χ3v) is 5.70. The first-order valence-electron chi connectivity index (χ1n) is 7.46. The fraction of sp³-hybridized carbons (Fsp3) is 0.400. The second-order valence-corrected chi connectivity index (χ2v) is 7.05. The lowest BCUT2D eigenvalue weighted by Crippen LogP contribution is -2.33. The number of amides is 2. The second-order valence-electron chi connectivity index (χ2n) is 5.21. The van der Waals surface area contributed by atoms with E-state index < -0.39 is 27.8 Å². The van der Waals surface area contributed by atoms with Crippen molar-refractivity contribution < 1.29 is 27.9 Å². The van der Waals surface area contributed by atoms with Crippen molar-refractivity contribution in [3.8, 4) is 0 Å². The first-order valence-corrected chi connectivity index (χ1v) is 8.90. The third-order valence-electron chi connectivity index (χ3n) is 3.81. The summed E-state index contributed by atoms with van der Waals surface area (Å²) in [5, 5.41) is 8.73. The molecule has 2 amide bonds. The molecule has 0 radical (unpaired) electrons. The van der Waals surface area contributed by atoms with Crippen LogP contribution in [0.4, 0.5) is 0 Å². The number of nitrogens with zero attached hydrogens (tertiary/aromatic N) is 2. The zero-order chi connectivity index (χ0) is 18.1. The fourth-order valence-electron chi connectivity index (χ4n) is 2.54. The number of carbonyl (C=O) groups excluding carboxylic acids is 2. The molecule has 2 rings (SSSR count). The van der Waals surface area contributed by atoms with Crippen LogP contribution in [0.3, 0.4) is 0 Å². The van der Waals surface area contributed by atoms with E-state index in [0.29, 0.717) is 0 Å². The fourth-order valence-corrected chi connectivity index (χ4v) is 4.14. The maximum absolute atomic E-state index is 12.5. The Bertz CT molecular complexity index is 802. The summed E-state index contributed by atoms with van der Waals surface area (Å²) in [5.41, 5.74) is 0.150. The number of carboxylic acids is 1. The van der Waals surface area contributed by atoms with Gasteiger partial charge in [-0.05, 0) is 32.0 Å². The molecule has 0 saturated heterocycles. The second kappa shape index (κ2) is 6.60. The maximum atomic E-state index is 12.5. The van der Waals surface area contributed by atoms with Gasteiger partial charge in [-0.15, -0.1) is 0 Å². The molecule has 0 atom stereocenters. The summed E-state index contributed by atoms with van der Waals surface area (Å²) >= 11 is 0. The highest BCUT2D eigenvalue weighted by Crippen LogP contribution is 2.31. The summed E-state index contributed by atoms with van der Waals surface area (Å²) in [6, 6.07) is 3.89. The first-order chi connectivity index (χ1) is 11.2. The average molecular weight is 354 g/mol. The van der Waals surface area contributed by atoms with Gasteiger partial charge in [0.1, 0.15) is 4.90 Å². The van der Waals surface area contributed by atoms with Gasteiger partial charge in [-0.1, -0.05) is 0 Å². The largest absolute Gasteiger partial charge is 0.481 e. The van der Waals surface area contributed by atoms with Gasteiger partial charge in [0.05, 0.1) is 12.0 Å². The molecule has 1 heterocycles. The summed E-state index contributed by atoms with van der Waals surface area (Å²) in [5.74, 6) is -2.11. The Labute approximate surface area is 139 Å². The van der Waals surface area contributed by atoms with Gasteiger partial charge in [-0.2, -0.15) is 0 Å². The Morgan fingerprint density at radius 3 is 2.46 bits per heavy atom. The van der Waals surface area contributed by atoms with E-state index in [1.165, 1.54) is 23.1 Å². The van der Waals surface area contributed by atoms with E-state index in [9.17, 15) is 22.8 Å². The van der Waals surface area contributed by atoms with Crippen LogP contribution in [-0.4, -0.2) is 60.1 Å². The van der Waals surface area contributed by atoms with Crippen LogP contribution in [0.2, 0.25) is 0 Å². The number of carbonyl (C=O) groups is 3. The Hall–Kier alpha value is -2.42. The van der Waals surface area contributed by atoms with Crippen molar-refractivity contribution in [1.29, 1.82) is 0 Å². The Balaban J connectivity index is 2.37. The predicted octanol–water partition coefficient (Wildman–Crippen LogP) is 0.788. The highest BCUT2D eigenvalue weighted by molar-refractivity contribution is 7.90. The van der Waals surface area contributed by atoms with Crippen LogP contribution < -0.4 is 0 Å². The van der Waals surface area contributed by atoms with Crippen molar-refractivity contribution >= 4 is 27.8 Å². The van der Waals surface area contributed by atoms with Crippen LogP contribution in [0.25, 0.3) is 0 Å². The Kier molecular flexibility index (Phi) is 4.93. The zero-order valence-electron chi connectivity index (χ0n) is 13.4. The molecule has 0 unspecified atom stereocenters. The smallest absolute Gasteiger partial charge is 0.305 e. The van der Waals surface area contributed by atoms with E-state index in [1.54, 1.807) is 13.8 Å². The summed E-state index contributed by atoms with van der Waals surface area (Å²) in [7, 11) is -3.94. The Morgan fingerprint density at radius 1 is 1.25 bits per heavy atom. The van der Waals surface area contributed by atoms with E-state index >= 15 is 0 Å². The minimum Gasteiger partial charge on any atom is -0.481 e. The van der Waals surface area contributed by atoms with Crippen LogP contribution in [0, 0.1) is 0 Å². The summed E-state index contributed by atoms with van der Waals surface area (Å²) in [6.45, 7) is 3.58. The zero-order valence-corrected chi connectivity index (χ0v) is 14.2. The van der Waals surface area contributed by atoms with Gasteiger partial charge in [-0.25, -0.2) is 12.7 Å². The monoisotopic (exact) mass is 354 g/mol. The van der Waals surface area contributed by atoms with Crippen molar-refractivity contribution in [3.63, 3.8) is 0 Å². The molecule has 0 spiro atoms. The molecule has 1 aromatic carbocycles. The highest BCUT2D eigenvalue weighted by Gasteiger charge is 2.40. The van der Waals surface area contributed by atoms with E-state index in [1.807, 2.05) is 0 Å². The molecule has 1 aliphatic heterocycles. The van der Waals surface area contributed by atoms with Crippen molar-refractivity contribution in [1.82, 2.24) is 9.21 Å². The molecular weight excluding hydrogens is 336 g/mol. The van der Waals surface area contributed by atoms with Crippen molar-refractivity contribution in [3.05, 3.63) is 29.3 Å². The van der Waals surface area contributed by atoms with Gasteiger partial charge in [0.2, 0.25) is 0 Å². The lowest BCUT2D eigenvalue weighted by Gasteiger charge is -2.20. The molecule has 1 N–H and O–H groups in total. The van der Waals surface area contributed by atoms with Gasteiger partial charge in [-0.3, -0.25) is 14.4 Å². The molecule has 24 heavy (non-hydrogen) atoms. The van der Waals surface area contributed by atoms with Gasteiger partial charge < -0.3 is 10.0 Å². The van der Waals surface area contributed by atoms with E-state index in [-0.39, 0.29) is 42.1 Å². The van der Waals surface area contributed by atoms with Gasteiger partial charge in [0, 0.05) is 25.2 Å². The molecule has 9 heteroatoms. The molecule has 1 aliphatic rings. The van der Waals surface area contributed by atoms with Crippen molar-refractivity contribution in [2.24, 2.45) is 0 Å². The van der Waals surface area contributed by atoms with Gasteiger partial charge in [0.15, 0.2) is 0 Å². The molecule has 8 nitrogen and oxygen atoms in total. The van der Waals surface area contributed by atoms with Gasteiger partial charge >= 0.3 is 5.97 Å². The predicted molar refractivity (Wildman–Crippen MR) is 84.2 cm³/mol. The number of hydrogen-bond acceptors (Lipinski definition) is 5. The van der Waals surface area contributed by atoms with Crippen LogP contribution in [0.15, 0.2) is 23.1 Å². The van der Waals surface area contributed by atoms with Crippen LogP contribution in [-0.2, 0) is 14.8 Å². The quantitative estimate of drug-likeness (QED) is 0.808. The number of aliphatic carboxylic acids is 1. The molecule has 0 fully saturated rings. The molecule has 0 saturated carbocycles. The Morgan fingerprint density at radius 2 is 1.92 bits per heavy atom. The molecule has 0 aromatic heterocycles. The van der Waals surface area contributed by atoms with Crippen LogP contribution in [0.1, 0.15) is 41.0 Å². The lowest BCUT2D eigenvalue weighted by molar-refractivity contribution is -0.137. The summed E-state index contributed by atoms with van der Waals surface area (Å²) < 4.78 is 25.5. The standard InChI is InChI=1S/C15H18N2O6S/c1-3-16(8-7-13(18)19)14(20)10-5-6-11-12(9-10)24(22,23)17(4-2)15(11)21/h5-6,9H,3-4,7-8H2,1-2H3,(H,18,19). The molecule has 0 bridgehead atoms. The number of fused-ring (bicyclic) bond motifs is 1. The molecule has 1 aromatic rings. The van der Waals surface area contributed by atoms with E-state index in [0.717, 1.165) is 4.31 Å². The first kappa shape index (κ1) is 17.9. The number of rotatable bonds is 6. The topological polar surface area (TPSA) is 112 Å². The average Bonchev–Trinajstić information content (AvgIpc) is 2.73.